The molecule has 2 N–H and O–H groups in total. The Balaban J connectivity index is 1.48. The molecule has 6 heteroatoms. The van der Waals surface area contributed by atoms with E-state index in [0.717, 1.165) is 59.6 Å². The Bertz CT molecular complexity index is 1200. The van der Waals surface area contributed by atoms with Crippen LogP contribution in [0.5, 0.6) is 5.75 Å². The van der Waals surface area contributed by atoms with Gasteiger partial charge in [0.2, 0.25) is 0 Å². The van der Waals surface area contributed by atoms with Crippen molar-refractivity contribution in [2.45, 2.75) is 44.3 Å². The van der Waals surface area contributed by atoms with Crippen LogP contribution in [0.25, 0.3) is 16.8 Å². The van der Waals surface area contributed by atoms with E-state index >= 15 is 0 Å². The van der Waals surface area contributed by atoms with Crippen molar-refractivity contribution in [1.29, 1.82) is 0 Å². The van der Waals surface area contributed by atoms with Crippen molar-refractivity contribution in [3.63, 3.8) is 0 Å². The van der Waals surface area contributed by atoms with Gasteiger partial charge in [-0.1, -0.05) is 42.5 Å². The summed E-state index contributed by atoms with van der Waals surface area (Å²) in [6.07, 6.45) is 8.28. The minimum absolute atomic E-state index is 0.349. The second-order valence-corrected chi connectivity index (χ2v) is 8.36. The Labute approximate surface area is 188 Å². The van der Waals surface area contributed by atoms with Crippen molar-refractivity contribution in [3.8, 4) is 17.0 Å². The normalized spacial score (nSPS) is 18.7. The number of hydrogen-bond acceptors (Lipinski definition) is 5. The van der Waals surface area contributed by atoms with E-state index in [4.69, 9.17) is 20.2 Å². The molecular weight excluding hydrogens is 400 g/mol. The van der Waals surface area contributed by atoms with Crippen molar-refractivity contribution in [1.82, 2.24) is 14.4 Å². The van der Waals surface area contributed by atoms with E-state index < -0.39 is 0 Å². The van der Waals surface area contributed by atoms with E-state index in [1.807, 2.05) is 42.6 Å². The zero-order valence-corrected chi connectivity index (χ0v) is 18.3. The van der Waals surface area contributed by atoms with E-state index in [1.165, 1.54) is 0 Å². The number of ether oxygens (including phenoxy) is 2. The average molecular weight is 429 g/mol. The molecule has 0 bridgehead atoms. The zero-order chi connectivity index (χ0) is 21.9. The Hall–Kier alpha value is -3.38. The number of imidazole rings is 1. The van der Waals surface area contributed by atoms with E-state index in [-0.39, 0.29) is 0 Å². The topological polar surface area (TPSA) is 74.7 Å². The molecule has 2 heterocycles. The lowest BCUT2D eigenvalue weighted by Crippen LogP contribution is -2.20. The molecule has 1 aliphatic rings. The molecule has 1 saturated carbocycles. The van der Waals surface area contributed by atoms with Crippen LogP contribution in [0.1, 0.15) is 43.0 Å². The van der Waals surface area contributed by atoms with Crippen LogP contribution < -0.4 is 10.5 Å². The summed E-state index contributed by atoms with van der Waals surface area (Å²) in [5.74, 6) is 2.72. The number of nitrogens with two attached hydrogens (primary N) is 1. The van der Waals surface area contributed by atoms with Crippen LogP contribution in [0.3, 0.4) is 0 Å². The second-order valence-electron chi connectivity index (χ2n) is 8.36. The molecule has 0 unspecified atom stereocenters. The number of hydrogen-bond donors (Lipinski definition) is 1. The Kier molecular flexibility index (Phi) is 5.77. The summed E-state index contributed by atoms with van der Waals surface area (Å²) >= 11 is 0. The van der Waals surface area contributed by atoms with Crippen molar-refractivity contribution in [2.75, 3.05) is 12.8 Å². The van der Waals surface area contributed by atoms with Crippen molar-refractivity contribution in [2.24, 2.45) is 0 Å². The van der Waals surface area contributed by atoms with Crippen LogP contribution in [0.15, 0.2) is 67.0 Å². The van der Waals surface area contributed by atoms with E-state index in [0.29, 0.717) is 24.4 Å². The first-order chi connectivity index (χ1) is 15.7. The molecular formula is C26H28N4O2. The van der Waals surface area contributed by atoms with Gasteiger partial charge in [0.1, 0.15) is 35.2 Å². The number of fused-ring (bicyclic) bond motifs is 1. The molecule has 2 aromatic heterocycles. The lowest BCUT2D eigenvalue weighted by molar-refractivity contribution is 0.0650. The van der Waals surface area contributed by atoms with Crippen LogP contribution in [-0.4, -0.2) is 27.6 Å². The summed E-state index contributed by atoms with van der Waals surface area (Å²) in [7, 11) is 1.80. The molecule has 0 atom stereocenters. The van der Waals surface area contributed by atoms with Gasteiger partial charge in [0.15, 0.2) is 0 Å². The first-order valence-electron chi connectivity index (χ1n) is 11.2. The van der Waals surface area contributed by atoms with Gasteiger partial charge in [0, 0.05) is 31.0 Å². The molecule has 6 nitrogen and oxygen atoms in total. The molecule has 1 aliphatic carbocycles. The first-order valence-corrected chi connectivity index (χ1v) is 11.2. The third kappa shape index (κ3) is 4.06. The van der Waals surface area contributed by atoms with Gasteiger partial charge in [0.05, 0.1) is 6.10 Å². The van der Waals surface area contributed by atoms with Gasteiger partial charge in [0.25, 0.3) is 0 Å². The van der Waals surface area contributed by atoms with Gasteiger partial charge in [-0.15, -0.1) is 0 Å². The quantitative estimate of drug-likeness (QED) is 0.455. The van der Waals surface area contributed by atoms with Crippen LogP contribution in [-0.2, 0) is 11.3 Å². The zero-order valence-electron chi connectivity index (χ0n) is 18.3. The molecule has 4 aromatic rings. The maximum Gasteiger partial charge on any atom is 0.150 e. The van der Waals surface area contributed by atoms with Crippen LogP contribution in [0.2, 0.25) is 0 Å². The highest BCUT2D eigenvalue weighted by Gasteiger charge is 2.27. The van der Waals surface area contributed by atoms with Crippen molar-refractivity contribution < 1.29 is 9.47 Å². The molecule has 0 amide bonds. The van der Waals surface area contributed by atoms with Gasteiger partial charge in [-0.05, 0) is 43.4 Å². The third-order valence-electron chi connectivity index (χ3n) is 6.34. The van der Waals surface area contributed by atoms with Gasteiger partial charge in [-0.25, -0.2) is 9.97 Å². The van der Waals surface area contributed by atoms with Gasteiger partial charge in [-0.3, -0.25) is 4.40 Å². The Morgan fingerprint density at radius 3 is 2.62 bits per heavy atom. The number of anilines is 1. The number of methoxy groups -OCH3 is 1. The van der Waals surface area contributed by atoms with Crippen LogP contribution in [0.4, 0.5) is 5.82 Å². The summed E-state index contributed by atoms with van der Waals surface area (Å²) in [6, 6.07) is 18.2. The van der Waals surface area contributed by atoms with Crippen molar-refractivity contribution >= 4 is 11.3 Å². The molecule has 0 aliphatic heterocycles. The monoisotopic (exact) mass is 428 g/mol. The molecule has 32 heavy (non-hydrogen) atoms. The molecule has 0 saturated heterocycles. The highest BCUT2D eigenvalue weighted by molar-refractivity contribution is 5.85. The van der Waals surface area contributed by atoms with E-state index in [9.17, 15) is 0 Å². The molecule has 0 radical (unpaired) electrons. The van der Waals surface area contributed by atoms with E-state index in [2.05, 4.69) is 27.6 Å². The predicted octanol–water partition coefficient (Wildman–Crippen LogP) is 5.23. The third-order valence-corrected chi connectivity index (χ3v) is 6.34. The van der Waals surface area contributed by atoms with Gasteiger partial charge < -0.3 is 15.2 Å². The van der Waals surface area contributed by atoms with Crippen LogP contribution >= 0.6 is 0 Å². The number of aromatic nitrogens is 3. The Morgan fingerprint density at radius 2 is 1.84 bits per heavy atom. The SMILES string of the molecule is CO[C@H]1CC[C@@H](c2nc(-c3cccc(OCc4ccccc4)c3)c3c(N)nccn32)CC1. The number of nitrogens with zero attached hydrogens (tertiary/aromatic N) is 3. The fraction of sp³-hybridized carbons (Fsp3) is 0.308. The minimum Gasteiger partial charge on any atom is -0.489 e. The largest absolute Gasteiger partial charge is 0.489 e. The number of nitrogen functional groups attached to an aromatic ring is 1. The highest BCUT2D eigenvalue weighted by atomic mass is 16.5. The van der Waals surface area contributed by atoms with E-state index in [1.54, 1.807) is 13.3 Å². The van der Waals surface area contributed by atoms with Crippen LogP contribution in [0, 0.1) is 0 Å². The maximum absolute atomic E-state index is 6.33. The molecule has 0 spiro atoms. The summed E-state index contributed by atoms with van der Waals surface area (Å²) in [6.45, 7) is 0.520. The summed E-state index contributed by atoms with van der Waals surface area (Å²) in [5.41, 5.74) is 10.1. The second kappa shape index (κ2) is 9.01. The minimum atomic E-state index is 0.349. The molecule has 164 valence electrons. The molecule has 2 aromatic carbocycles. The maximum atomic E-state index is 6.33. The number of rotatable bonds is 6. The lowest BCUT2D eigenvalue weighted by Gasteiger charge is -2.26. The standard InChI is InChI=1S/C26H28N4O2/c1-31-21-12-10-19(11-13-21)26-29-23(24-25(27)28-14-15-30(24)26)20-8-5-9-22(16-20)32-17-18-6-3-2-4-7-18/h2-9,14-16,19,21H,10-13,17H2,1H3,(H2,27,28)/t19-,21+. The first kappa shape index (κ1) is 20.5. The Morgan fingerprint density at radius 1 is 1.03 bits per heavy atom. The predicted molar refractivity (Wildman–Crippen MR) is 126 cm³/mol. The fourth-order valence-corrected chi connectivity index (χ4v) is 4.61. The summed E-state index contributed by atoms with van der Waals surface area (Å²) in [4.78, 5) is 9.44. The van der Waals surface area contributed by atoms with Gasteiger partial charge >= 0.3 is 0 Å². The summed E-state index contributed by atoms with van der Waals surface area (Å²) < 4.78 is 13.7. The number of benzene rings is 2. The fourth-order valence-electron chi connectivity index (χ4n) is 4.61. The smallest absolute Gasteiger partial charge is 0.150 e. The summed E-state index contributed by atoms with van der Waals surface area (Å²) in [5, 5.41) is 0. The molecule has 1 fully saturated rings. The highest BCUT2D eigenvalue weighted by Crippen LogP contribution is 2.37. The van der Waals surface area contributed by atoms with Crippen molar-refractivity contribution in [3.05, 3.63) is 78.4 Å². The lowest BCUT2D eigenvalue weighted by atomic mass is 9.87. The average Bonchev–Trinajstić information content (AvgIpc) is 3.25. The van der Waals surface area contributed by atoms with Gasteiger partial charge in [-0.2, -0.15) is 0 Å². The molecule has 5 rings (SSSR count).